The van der Waals surface area contributed by atoms with Crippen molar-refractivity contribution in [2.24, 2.45) is 0 Å². The van der Waals surface area contributed by atoms with Crippen molar-refractivity contribution in [1.29, 1.82) is 0 Å². The van der Waals surface area contributed by atoms with Crippen LogP contribution in [0.4, 0.5) is 0 Å². The Labute approximate surface area is 157 Å². The average Bonchev–Trinajstić information content (AvgIpc) is 2.60. The molecule has 1 aromatic carbocycles. The van der Waals surface area contributed by atoms with Gasteiger partial charge in [-0.15, -0.1) is 0 Å². The van der Waals surface area contributed by atoms with Crippen LogP contribution in [0, 0.1) is 0 Å². The molecule has 0 radical (unpaired) electrons. The summed E-state index contributed by atoms with van der Waals surface area (Å²) >= 11 is 6.19. The Bertz CT molecular complexity index is 776. The molecule has 1 aliphatic rings. The summed E-state index contributed by atoms with van der Waals surface area (Å²) in [7, 11) is -1.70. The van der Waals surface area contributed by atoms with Gasteiger partial charge in [0.15, 0.2) is 0 Å². The second-order valence-corrected chi connectivity index (χ2v) is 8.37. The molecular weight excluding hydrogens is 382 g/mol. The third kappa shape index (κ3) is 5.58. The highest BCUT2D eigenvalue weighted by Crippen LogP contribution is 2.28. The van der Waals surface area contributed by atoms with Crippen LogP contribution in [0.5, 0.6) is 5.75 Å². The highest BCUT2D eigenvalue weighted by Gasteiger charge is 2.26. The first-order valence-electron chi connectivity index (χ1n) is 8.11. The summed E-state index contributed by atoms with van der Waals surface area (Å²) in [5, 5.41) is 5.17. The Kier molecular flexibility index (Phi) is 6.85. The molecule has 0 aliphatic carbocycles. The molecule has 2 rings (SSSR count). The van der Waals surface area contributed by atoms with Crippen molar-refractivity contribution in [3.63, 3.8) is 0 Å². The van der Waals surface area contributed by atoms with Gasteiger partial charge in [0.1, 0.15) is 11.9 Å². The van der Waals surface area contributed by atoms with Gasteiger partial charge in [-0.3, -0.25) is 9.59 Å². The Hall–Kier alpha value is -1.84. The molecule has 0 bridgehead atoms. The first-order chi connectivity index (χ1) is 12.2. The summed E-state index contributed by atoms with van der Waals surface area (Å²) < 4.78 is 30.3. The number of benzene rings is 1. The van der Waals surface area contributed by atoms with E-state index in [1.54, 1.807) is 12.1 Å². The number of nitrogens with zero attached hydrogens (tertiary/aromatic N) is 1. The van der Waals surface area contributed by atoms with Crippen molar-refractivity contribution in [2.75, 3.05) is 32.9 Å². The maximum atomic E-state index is 12.0. The predicted molar refractivity (Wildman–Crippen MR) is 97.9 cm³/mol. The fourth-order valence-electron chi connectivity index (χ4n) is 2.55. The van der Waals surface area contributed by atoms with Gasteiger partial charge in [0.05, 0.1) is 17.8 Å². The van der Waals surface area contributed by atoms with Crippen LogP contribution in [0.25, 0.3) is 0 Å². The summed E-state index contributed by atoms with van der Waals surface area (Å²) in [4.78, 5) is 23.2. The summed E-state index contributed by atoms with van der Waals surface area (Å²) in [5.41, 5.74) is 0.318. The van der Waals surface area contributed by atoms with Crippen molar-refractivity contribution in [3.8, 4) is 5.75 Å². The Morgan fingerprint density at radius 3 is 2.50 bits per heavy atom. The van der Waals surface area contributed by atoms with Crippen LogP contribution in [0.2, 0.25) is 5.02 Å². The third-order valence-corrected chi connectivity index (χ3v) is 5.64. The molecule has 2 N–H and O–H groups in total. The number of ether oxygens (including phenoxy) is 1. The summed E-state index contributed by atoms with van der Waals surface area (Å²) in [6.07, 6.45) is 2.19. The van der Waals surface area contributed by atoms with Crippen LogP contribution < -0.4 is 15.4 Å². The van der Waals surface area contributed by atoms with Crippen molar-refractivity contribution in [2.45, 2.75) is 18.9 Å². The van der Waals surface area contributed by atoms with Crippen molar-refractivity contribution in [3.05, 3.63) is 28.8 Å². The number of hydrogen-bond acceptors (Lipinski definition) is 5. The number of hydrogen-bond donors (Lipinski definition) is 2. The SMILES string of the molecule is CNC(=O)CNC(=O)c1ccc(OC2CCN(S(C)(=O)=O)CC2)c(Cl)c1. The van der Waals surface area contributed by atoms with Crippen molar-refractivity contribution >= 4 is 33.4 Å². The lowest BCUT2D eigenvalue weighted by molar-refractivity contribution is -0.119. The van der Waals surface area contributed by atoms with Crippen LogP contribution in [-0.4, -0.2) is 63.6 Å². The number of carbonyl (C=O) groups excluding carboxylic acids is 2. The second kappa shape index (κ2) is 8.70. The van der Waals surface area contributed by atoms with E-state index in [-0.39, 0.29) is 23.6 Å². The Balaban J connectivity index is 1.94. The molecule has 0 unspecified atom stereocenters. The third-order valence-electron chi connectivity index (χ3n) is 4.05. The van der Waals surface area contributed by atoms with E-state index in [2.05, 4.69) is 10.6 Å². The fourth-order valence-corrected chi connectivity index (χ4v) is 3.65. The maximum absolute atomic E-state index is 12.0. The zero-order valence-corrected chi connectivity index (χ0v) is 16.2. The van der Waals surface area contributed by atoms with E-state index >= 15 is 0 Å². The highest BCUT2D eigenvalue weighted by molar-refractivity contribution is 7.88. The number of likely N-dealkylation sites (N-methyl/N-ethyl adjacent to an activating group) is 1. The molecule has 26 heavy (non-hydrogen) atoms. The quantitative estimate of drug-likeness (QED) is 0.724. The van der Waals surface area contributed by atoms with Crippen LogP contribution in [0.15, 0.2) is 18.2 Å². The Morgan fingerprint density at radius 2 is 1.96 bits per heavy atom. The molecule has 1 saturated heterocycles. The summed E-state index contributed by atoms with van der Waals surface area (Å²) in [5.74, 6) is -0.277. The van der Waals surface area contributed by atoms with Gasteiger partial charge in [-0.05, 0) is 31.0 Å². The van der Waals surface area contributed by atoms with E-state index in [0.717, 1.165) is 0 Å². The smallest absolute Gasteiger partial charge is 0.251 e. The molecule has 8 nitrogen and oxygen atoms in total. The van der Waals surface area contributed by atoms with E-state index in [4.69, 9.17) is 16.3 Å². The van der Waals surface area contributed by atoms with E-state index in [9.17, 15) is 18.0 Å². The number of rotatable bonds is 6. The number of sulfonamides is 1. The highest BCUT2D eigenvalue weighted by atomic mass is 35.5. The number of halogens is 1. The minimum Gasteiger partial charge on any atom is -0.489 e. The first kappa shape index (κ1) is 20.5. The molecular formula is C16H22ClN3O5S. The second-order valence-electron chi connectivity index (χ2n) is 5.98. The number of amides is 2. The lowest BCUT2D eigenvalue weighted by Crippen LogP contribution is -2.41. The monoisotopic (exact) mass is 403 g/mol. The van der Waals surface area contributed by atoms with Crippen LogP contribution >= 0.6 is 11.6 Å². The number of carbonyl (C=O) groups is 2. The predicted octanol–water partition coefficient (Wildman–Crippen LogP) is 0.619. The zero-order chi connectivity index (χ0) is 19.3. The van der Waals surface area contributed by atoms with Crippen LogP contribution in [-0.2, 0) is 14.8 Å². The standard InChI is InChI=1S/C16H22ClN3O5S/c1-18-15(21)10-19-16(22)11-3-4-14(13(17)9-11)25-12-5-7-20(8-6-12)26(2,23)24/h3-4,9,12H,5-8,10H2,1-2H3,(H,18,21)(H,19,22). The average molecular weight is 404 g/mol. The minimum absolute atomic E-state index is 0.121. The molecule has 10 heteroatoms. The molecule has 2 amide bonds. The number of piperidine rings is 1. The van der Waals surface area contributed by atoms with E-state index in [1.807, 2.05) is 0 Å². The van der Waals surface area contributed by atoms with Gasteiger partial charge >= 0.3 is 0 Å². The molecule has 0 aromatic heterocycles. The Morgan fingerprint density at radius 1 is 1.31 bits per heavy atom. The maximum Gasteiger partial charge on any atom is 0.251 e. The van der Waals surface area contributed by atoms with Gasteiger partial charge in [0, 0.05) is 25.7 Å². The van der Waals surface area contributed by atoms with Crippen LogP contribution in [0.3, 0.4) is 0 Å². The van der Waals surface area contributed by atoms with Crippen molar-refractivity contribution < 1.29 is 22.7 Å². The molecule has 1 fully saturated rings. The molecule has 0 spiro atoms. The topological polar surface area (TPSA) is 105 Å². The summed E-state index contributed by atoms with van der Waals surface area (Å²) in [6.45, 7) is 0.687. The number of nitrogens with one attached hydrogen (secondary N) is 2. The fraction of sp³-hybridized carbons (Fsp3) is 0.500. The van der Waals surface area contributed by atoms with Crippen molar-refractivity contribution in [1.82, 2.24) is 14.9 Å². The molecule has 144 valence electrons. The lowest BCUT2D eigenvalue weighted by atomic mass is 10.1. The lowest BCUT2D eigenvalue weighted by Gasteiger charge is -2.30. The largest absolute Gasteiger partial charge is 0.489 e. The molecule has 1 aromatic rings. The van der Waals surface area contributed by atoms with Gasteiger partial charge in [-0.25, -0.2) is 12.7 Å². The molecule has 0 atom stereocenters. The summed E-state index contributed by atoms with van der Waals surface area (Å²) in [6, 6.07) is 4.63. The van der Waals surface area contributed by atoms with Gasteiger partial charge in [-0.1, -0.05) is 11.6 Å². The van der Waals surface area contributed by atoms with Gasteiger partial charge in [-0.2, -0.15) is 0 Å². The van der Waals surface area contributed by atoms with Crippen LogP contribution in [0.1, 0.15) is 23.2 Å². The normalized spacial score (nSPS) is 16.1. The van der Waals surface area contributed by atoms with Gasteiger partial charge < -0.3 is 15.4 Å². The zero-order valence-electron chi connectivity index (χ0n) is 14.6. The molecule has 0 saturated carbocycles. The minimum atomic E-state index is -3.18. The van der Waals surface area contributed by atoms with Gasteiger partial charge in [0.25, 0.3) is 5.91 Å². The first-order valence-corrected chi connectivity index (χ1v) is 10.3. The van der Waals surface area contributed by atoms with E-state index in [1.165, 1.54) is 23.7 Å². The van der Waals surface area contributed by atoms with Gasteiger partial charge in [0.2, 0.25) is 15.9 Å². The van der Waals surface area contributed by atoms with E-state index in [0.29, 0.717) is 37.2 Å². The molecule has 1 aliphatic heterocycles. The van der Waals surface area contributed by atoms with E-state index < -0.39 is 15.9 Å². The molecule has 1 heterocycles.